The summed E-state index contributed by atoms with van der Waals surface area (Å²) in [5, 5.41) is 3.07. The van der Waals surface area contributed by atoms with E-state index in [1.54, 1.807) is 6.26 Å². The predicted molar refractivity (Wildman–Crippen MR) is 159 cm³/mol. The van der Waals surface area contributed by atoms with Crippen LogP contribution in [-0.2, 0) is 14.1 Å². The average molecular weight is 540 g/mol. The van der Waals surface area contributed by atoms with E-state index in [0.717, 1.165) is 54.1 Å². The molecule has 9 heteroatoms. The van der Waals surface area contributed by atoms with Gasteiger partial charge in [-0.05, 0) is 94.7 Å². The van der Waals surface area contributed by atoms with Gasteiger partial charge >= 0.3 is 7.12 Å². The number of aliphatic imine (C=N–C) groups is 1. The molecule has 208 valence electrons. The second-order valence-corrected chi connectivity index (χ2v) is 12.1. The molecule has 8 nitrogen and oxygen atoms in total. The minimum Gasteiger partial charge on any atom is -0.463 e. The highest BCUT2D eigenvalue weighted by Gasteiger charge is 2.52. The summed E-state index contributed by atoms with van der Waals surface area (Å²) >= 11 is 0. The number of carbonyl (C=O) groups excluding carboxylic acids is 1. The maximum atomic E-state index is 13.5. The van der Waals surface area contributed by atoms with Crippen LogP contribution in [0, 0.1) is 6.92 Å². The van der Waals surface area contributed by atoms with Crippen LogP contribution in [0.25, 0.3) is 0 Å². The van der Waals surface area contributed by atoms with Crippen molar-refractivity contribution in [2.45, 2.75) is 51.7 Å². The standard InChI is InChI=1S/C31H37BN4O4/c1-20-13-18-38-28(20)27(33-22-8-10-23(11-9-22)36-16-14-35(6)15-17-36)26-24-12-7-21(19-25(24)34-29(26)37)32-39-30(2,3)31(4,5)40-32/h7-13,18-19,26H,14-17H2,1-6H3,(H,34,37). The van der Waals surface area contributed by atoms with Gasteiger partial charge in [-0.1, -0.05) is 12.1 Å². The molecule has 0 spiro atoms. The van der Waals surface area contributed by atoms with Gasteiger partial charge in [0.1, 0.15) is 11.6 Å². The van der Waals surface area contributed by atoms with E-state index in [-0.39, 0.29) is 5.91 Å². The molecule has 0 bridgehead atoms. The maximum Gasteiger partial charge on any atom is 0.494 e. The summed E-state index contributed by atoms with van der Waals surface area (Å²) in [6.45, 7) is 14.2. The number of piperazine rings is 1. The normalized spacial score (nSPS) is 22.5. The monoisotopic (exact) mass is 540 g/mol. The molecule has 3 aromatic rings. The first-order valence-electron chi connectivity index (χ1n) is 14.0. The van der Waals surface area contributed by atoms with E-state index in [1.807, 2.05) is 71.0 Å². The van der Waals surface area contributed by atoms with Crippen molar-refractivity contribution in [3.05, 3.63) is 71.7 Å². The first kappa shape index (κ1) is 26.8. The lowest BCUT2D eigenvalue weighted by Gasteiger charge is -2.34. The first-order valence-corrected chi connectivity index (χ1v) is 14.0. The van der Waals surface area contributed by atoms with Gasteiger partial charge in [-0.15, -0.1) is 0 Å². The molecular formula is C31H37BN4O4. The summed E-state index contributed by atoms with van der Waals surface area (Å²) in [7, 11) is 1.65. The Morgan fingerprint density at radius 3 is 2.27 bits per heavy atom. The van der Waals surface area contributed by atoms with Crippen molar-refractivity contribution in [3.63, 3.8) is 0 Å². The van der Waals surface area contributed by atoms with Gasteiger partial charge in [-0.2, -0.15) is 0 Å². The van der Waals surface area contributed by atoms with Crippen LogP contribution < -0.4 is 15.7 Å². The molecule has 0 radical (unpaired) electrons. The van der Waals surface area contributed by atoms with Crippen LogP contribution in [0.4, 0.5) is 17.1 Å². The number of benzene rings is 2. The van der Waals surface area contributed by atoms with Crippen LogP contribution in [0.5, 0.6) is 0 Å². The Bertz CT molecular complexity index is 1440. The number of fused-ring (bicyclic) bond motifs is 1. The second-order valence-electron chi connectivity index (χ2n) is 12.1. The lowest BCUT2D eigenvalue weighted by molar-refractivity contribution is -0.115. The van der Waals surface area contributed by atoms with Crippen LogP contribution in [0.3, 0.4) is 0 Å². The quantitative estimate of drug-likeness (QED) is 0.380. The molecule has 2 saturated heterocycles. The Hall–Kier alpha value is -3.40. The van der Waals surface area contributed by atoms with Crippen molar-refractivity contribution >= 4 is 41.3 Å². The SMILES string of the molecule is Cc1ccoc1C(=Nc1ccc(N2CCN(C)CC2)cc1)C1C(=O)Nc2cc(B3OC(C)(C)C(C)(C)O3)ccc21. The molecule has 2 fully saturated rings. The van der Waals surface area contributed by atoms with Gasteiger partial charge < -0.3 is 28.8 Å². The van der Waals surface area contributed by atoms with Crippen molar-refractivity contribution < 1.29 is 18.5 Å². The van der Waals surface area contributed by atoms with Gasteiger partial charge in [0.05, 0.1) is 23.2 Å². The number of furan rings is 1. The summed E-state index contributed by atoms with van der Waals surface area (Å²) in [4.78, 5) is 23.2. The first-order chi connectivity index (χ1) is 19.0. The van der Waals surface area contributed by atoms with Crippen LogP contribution in [-0.4, -0.2) is 68.1 Å². The van der Waals surface area contributed by atoms with Crippen molar-refractivity contribution in [3.8, 4) is 0 Å². The van der Waals surface area contributed by atoms with Crippen molar-refractivity contribution in [1.82, 2.24) is 4.90 Å². The number of nitrogens with one attached hydrogen (secondary N) is 1. The van der Waals surface area contributed by atoms with Gasteiger partial charge in [0, 0.05) is 37.6 Å². The molecule has 3 aliphatic rings. The number of amides is 1. The Labute approximate surface area is 236 Å². The molecule has 2 aromatic carbocycles. The number of aryl methyl sites for hydroxylation is 1. The van der Waals surface area contributed by atoms with E-state index in [2.05, 4.69) is 34.3 Å². The molecule has 40 heavy (non-hydrogen) atoms. The van der Waals surface area contributed by atoms with Crippen molar-refractivity contribution in [2.75, 3.05) is 43.4 Å². The van der Waals surface area contributed by atoms with E-state index in [4.69, 9.17) is 18.7 Å². The lowest BCUT2D eigenvalue weighted by Crippen LogP contribution is -2.44. The third-order valence-corrected chi connectivity index (χ3v) is 8.77. The van der Waals surface area contributed by atoms with Crippen LogP contribution in [0.1, 0.15) is 50.5 Å². The van der Waals surface area contributed by atoms with Gasteiger partial charge in [0.15, 0.2) is 5.76 Å². The highest BCUT2D eigenvalue weighted by molar-refractivity contribution is 6.62. The number of rotatable bonds is 5. The molecule has 4 heterocycles. The Balaban J connectivity index is 1.32. The Morgan fingerprint density at radius 1 is 0.975 bits per heavy atom. The fourth-order valence-electron chi connectivity index (χ4n) is 5.50. The van der Waals surface area contributed by atoms with Crippen LogP contribution in [0.15, 0.2) is 64.2 Å². The number of hydrogen-bond acceptors (Lipinski definition) is 7. The fourth-order valence-corrected chi connectivity index (χ4v) is 5.50. The van der Waals surface area contributed by atoms with Gasteiger partial charge in [-0.25, -0.2) is 4.99 Å². The highest BCUT2D eigenvalue weighted by Crippen LogP contribution is 2.39. The molecule has 1 N–H and O–H groups in total. The van der Waals surface area contributed by atoms with Crippen molar-refractivity contribution in [2.24, 2.45) is 4.99 Å². The molecule has 1 atom stereocenters. The minimum atomic E-state index is -0.607. The number of carbonyl (C=O) groups is 1. The molecule has 1 unspecified atom stereocenters. The number of anilines is 2. The van der Waals surface area contributed by atoms with Crippen LogP contribution >= 0.6 is 0 Å². The zero-order valence-corrected chi connectivity index (χ0v) is 24.2. The van der Waals surface area contributed by atoms with E-state index in [9.17, 15) is 4.79 Å². The largest absolute Gasteiger partial charge is 0.494 e. The fraction of sp³-hybridized carbons (Fsp3) is 0.419. The van der Waals surface area contributed by atoms with E-state index < -0.39 is 24.2 Å². The van der Waals surface area contributed by atoms with Gasteiger partial charge in [0.25, 0.3) is 0 Å². The Morgan fingerprint density at radius 2 is 1.65 bits per heavy atom. The van der Waals surface area contributed by atoms with E-state index in [0.29, 0.717) is 11.5 Å². The number of likely N-dealkylation sites (N-methyl/N-ethyl adjacent to an activating group) is 1. The molecule has 3 aliphatic heterocycles. The summed E-state index contributed by atoms with van der Waals surface area (Å²) < 4.78 is 18.4. The summed E-state index contributed by atoms with van der Waals surface area (Å²) in [6.07, 6.45) is 1.64. The molecule has 6 rings (SSSR count). The third-order valence-electron chi connectivity index (χ3n) is 8.77. The summed E-state index contributed by atoms with van der Waals surface area (Å²) in [6, 6.07) is 16.0. The minimum absolute atomic E-state index is 0.135. The third kappa shape index (κ3) is 4.76. The molecule has 0 aliphatic carbocycles. The van der Waals surface area contributed by atoms with E-state index >= 15 is 0 Å². The molecule has 1 amide bonds. The zero-order chi connectivity index (χ0) is 28.2. The van der Waals surface area contributed by atoms with Gasteiger partial charge in [-0.3, -0.25) is 4.79 Å². The highest BCUT2D eigenvalue weighted by atomic mass is 16.7. The molecular weight excluding hydrogens is 503 g/mol. The number of hydrogen-bond donors (Lipinski definition) is 1. The topological polar surface area (TPSA) is 79.5 Å². The Kier molecular flexibility index (Phi) is 6.64. The maximum absolute atomic E-state index is 13.5. The van der Waals surface area contributed by atoms with Crippen molar-refractivity contribution in [1.29, 1.82) is 0 Å². The summed E-state index contributed by atoms with van der Waals surface area (Å²) in [5.74, 6) is -0.125. The molecule has 0 saturated carbocycles. The summed E-state index contributed by atoms with van der Waals surface area (Å²) in [5.41, 5.74) is 5.06. The molecule has 1 aromatic heterocycles. The lowest BCUT2D eigenvalue weighted by atomic mass is 9.78. The van der Waals surface area contributed by atoms with E-state index in [1.165, 1.54) is 5.69 Å². The van der Waals surface area contributed by atoms with Gasteiger partial charge in [0.2, 0.25) is 5.91 Å². The van der Waals surface area contributed by atoms with Crippen LogP contribution in [0.2, 0.25) is 0 Å². The second kappa shape index (κ2) is 9.91. The zero-order valence-electron chi connectivity index (χ0n) is 24.2. The smallest absolute Gasteiger partial charge is 0.463 e. The predicted octanol–water partition coefficient (Wildman–Crippen LogP) is 4.50. The number of nitrogens with zero attached hydrogens (tertiary/aromatic N) is 3. The average Bonchev–Trinajstić information content (AvgIpc) is 3.55.